The molecule has 2 aromatic rings. The van der Waals surface area contributed by atoms with E-state index in [2.05, 4.69) is 5.32 Å². The van der Waals surface area contributed by atoms with Crippen LogP contribution in [0, 0.1) is 11.7 Å². The van der Waals surface area contributed by atoms with E-state index in [4.69, 9.17) is 4.74 Å². The highest BCUT2D eigenvalue weighted by Crippen LogP contribution is 2.39. The van der Waals surface area contributed by atoms with Crippen LogP contribution in [0.2, 0.25) is 0 Å². The largest absolute Gasteiger partial charge is 0.494 e. The summed E-state index contributed by atoms with van der Waals surface area (Å²) in [5, 5.41) is 3.41. The summed E-state index contributed by atoms with van der Waals surface area (Å²) in [5.41, 5.74) is 4.55. The maximum atomic E-state index is 13.1. The first-order valence-corrected chi connectivity index (χ1v) is 8.76. The lowest BCUT2D eigenvalue weighted by Gasteiger charge is -2.30. The average Bonchev–Trinajstić information content (AvgIpc) is 2.67. The van der Waals surface area contributed by atoms with Gasteiger partial charge in [0.15, 0.2) is 12.0 Å². The van der Waals surface area contributed by atoms with Crippen LogP contribution in [0.4, 0.5) is 10.1 Å². The first-order chi connectivity index (χ1) is 12.7. The number of halogens is 1. The van der Waals surface area contributed by atoms with Crippen molar-refractivity contribution < 1.29 is 18.7 Å². The van der Waals surface area contributed by atoms with Gasteiger partial charge in [-0.2, -0.15) is 0 Å². The van der Waals surface area contributed by atoms with Crippen molar-refractivity contribution in [3.8, 4) is 5.75 Å². The Morgan fingerprint density at radius 2 is 2.04 bits per heavy atom. The van der Waals surface area contributed by atoms with Gasteiger partial charge in [0.2, 0.25) is 0 Å². The molecule has 1 atom stereocenters. The van der Waals surface area contributed by atoms with Gasteiger partial charge in [-0.05, 0) is 60.1 Å². The summed E-state index contributed by atoms with van der Waals surface area (Å²) in [4.78, 5) is 22.2. The number of hydrogen-bond donors (Lipinski definition) is 1. The lowest BCUT2D eigenvalue weighted by atomic mass is 9.84. The van der Waals surface area contributed by atoms with Crippen molar-refractivity contribution in [1.29, 1.82) is 0 Å². The van der Waals surface area contributed by atoms with Crippen LogP contribution in [0.5, 0.6) is 5.75 Å². The Balaban J connectivity index is 1.90. The zero-order valence-corrected chi connectivity index (χ0v) is 14.8. The van der Waals surface area contributed by atoms with Crippen molar-refractivity contribution in [3.63, 3.8) is 0 Å². The number of carbonyl (C=O) groups excluding carboxylic acids is 2. The Bertz CT molecular complexity index is 802. The van der Waals surface area contributed by atoms with Gasteiger partial charge in [-0.1, -0.05) is 12.1 Å². The molecular formula is C21H22FNO3. The van der Waals surface area contributed by atoms with Crippen LogP contribution in [-0.2, 0) is 24.1 Å². The SMILES string of the molecule is COc1c(C=O)cc(CCC=O)c2c1NCC(Cc1ccc(F)cc1)C2. The van der Waals surface area contributed by atoms with Gasteiger partial charge in [-0.15, -0.1) is 0 Å². The summed E-state index contributed by atoms with van der Waals surface area (Å²) in [6.07, 6.45) is 4.35. The molecular weight excluding hydrogens is 333 g/mol. The molecule has 1 heterocycles. The van der Waals surface area contributed by atoms with E-state index in [0.717, 1.165) is 54.3 Å². The van der Waals surface area contributed by atoms with Crippen molar-refractivity contribution in [2.24, 2.45) is 5.92 Å². The van der Waals surface area contributed by atoms with E-state index in [1.807, 2.05) is 18.2 Å². The number of aryl methyl sites for hydroxylation is 1. The van der Waals surface area contributed by atoms with Gasteiger partial charge in [0.05, 0.1) is 18.4 Å². The number of carbonyl (C=O) groups is 2. The normalized spacial score (nSPS) is 15.7. The minimum atomic E-state index is -0.233. The summed E-state index contributed by atoms with van der Waals surface area (Å²) < 4.78 is 18.6. The smallest absolute Gasteiger partial charge is 0.153 e. The van der Waals surface area contributed by atoms with Crippen molar-refractivity contribution >= 4 is 18.3 Å². The first-order valence-electron chi connectivity index (χ1n) is 8.76. The molecule has 0 radical (unpaired) electrons. The maximum absolute atomic E-state index is 13.1. The van der Waals surface area contributed by atoms with E-state index in [1.54, 1.807) is 7.11 Å². The number of anilines is 1. The number of ether oxygens (including phenoxy) is 1. The Kier molecular flexibility index (Phi) is 5.66. The van der Waals surface area contributed by atoms with Gasteiger partial charge in [-0.25, -0.2) is 4.39 Å². The molecule has 5 heteroatoms. The van der Waals surface area contributed by atoms with Crippen LogP contribution in [-0.4, -0.2) is 26.2 Å². The second-order valence-electron chi connectivity index (χ2n) is 6.62. The van der Waals surface area contributed by atoms with Gasteiger partial charge < -0.3 is 14.8 Å². The van der Waals surface area contributed by atoms with Crippen molar-refractivity contribution in [1.82, 2.24) is 0 Å². The van der Waals surface area contributed by atoms with Gasteiger partial charge in [0.25, 0.3) is 0 Å². The molecule has 0 bridgehead atoms. The van der Waals surface area contributed by atoms with Crippen LogP contribution in [0.3, 0.4) is 0 Å². The highest BCUT2D eigenvalue weighted by molar-refractivity contribution is 5.86. The van der Waals surface area contributed by atoms with Gasteiger partial charge in [-0.3, -0.25) is 4.79 Å². The Hall–Kier alpha value is -2.69. The highest BCUT2D eigenvalue weighted by Gasteiger charge is 2.26. The molecule has 3 rings (SSSR count). The van der Waals surface area contributed by atoms with Gasteiger partial charge >= 0.3 is 0 Å². The third kappa shape index (κ3) is 3.77. The third-order valence-electron chi connectivity index (χ3n) is 4.87. The molecule has 26 heavy (non-hydrogen) atoms. The Labute approximate surface area is 152 Å². The lowest BCUT2D eigenvalue weighted by molar-refractivity contribution is -0.107. The van der Waals surface area contributed by atoms with E-state index < -0.39 is 0 Å². The predicted octanol–water partition coefficient (Wildman–Crippen LogP) is 3.61. The zero-order chi connectivity index (χ0) is 18.5. The van der Waals surface area contributed by atoms with Crippen LogP contribution >= 0.6 is 0 Å². The second kappa shape index (κ2) is 8.13. The van der Waals surface area contributed by atoms with Crippen LogP contribution < -0.4 is 10.1 Å². The molecule has 0 saturated carbocycles. The van der Waals surface area contributed by atoms with E-state index in [1.165, 1.54) is 12.1 Å². The van der Waals surface area contributed by atoms with Crippen molar-refractivity contribution in [2.75, 3.05) is 19.0 Å². The Morgan fingerprint density at radius 1 is 1.27 bits per heavy atom. The third-order valence-corrected chi connectivity index (χ3v) is 4.87. The van der Waals surface area contributed by atoms with Crippen LogP contribution in [0.1, 0.15) is 33.5 Å². The number of fused-ring (bicyclic) bond motifs is 1. The second-order valence-corrected chi connectivity index (χ2v) is 6.62. The van der Waals surface area contributed by atoms with E-state index >= 15 is 0 Å². The summed E-state index contributed by atoms with van der Waals surface area (Å²) in [7, 11) is 1.56. The standard InChI is InChI=1S/C21H22FNO3/c1-26-21-17(13-25)11-16(3-2-8-24)19-10-15(12-23-20(19)21)9-14-4-6-18(22)7-5-14/h4-8,11,13,15,23H,2-3,9-10,12H2,1H3. The van der Waals surface area contributed by atoms with Gasteiger partial charge in [0, 0.05) is 13.0 Å². The fourth-order valence-corrected chi connectivity index (χ4v) is 3.65. The fourth-order valence-electron chi connectivity index (χ4n) is 3.65. The van der Waals surface area contributed by atoms with Crippen molar-refractivity contribution in [3.05, 3.63) is 58.4 Å². The molecule has 1 unspecified atom stereocenters. The molecule has 0 aliphatic carbocycles. The van der Waals surface area contributed by atoms with Crippen LogP contribution in [0.15, 0.2) is 30.3 Å². The lowest BCUT2D eigenvalue weighted by Crippen LogP contribution is -2.26. The molecule has 1 N–H and O–H groups in total. The fraction of sp³-hybridized carbons (Fsp3) is 0.333. The number of nitrogens with one attached hydrogen (secondary N) is 1. The predicted molar refractivity (Wildman–Crippen MR) is 98.6 cm³/mol. The summed E-state index contributed by atoms with van der Waals surface area (Å²) >= 11 is 0. The molecule has 2 aromatic carbocycles. The quantitative estimate of drug-likeness (QED) is 0.771. The molecule has 0 spiro atoms. The number of rotatable bonds is 7. The maximum Gasteiger partial charge on any atom is 0.153 e. The number of benzene rings is 2. The molecule has 0 saturated heterocycles. The summed E-state index contributed by atoms with van der Waals surface area (Å²) in [6, 6.07) is 8.42. The average molecular weight is 355 g/mol. The number of aldehydes is 2. The molecule has 0 aromatic heterocycles. The molecule has 1 aliphatic rings. The summed E-state index contributed by atoms with van der Waals surface area (Å²) in [5.74, 6) is 0.669. The van der Waals surface area contributed by atoms with E-state index in [0.29, 0.717) is 30.1 Å². The molecule has 0 fully saturated rings. The molecule has 136 valence electrons. The Morgan fingerprint density at radius 3 is 2.69 bits per heavy atom. The summed E-state index contributed by atoms with van der Waals surface area (Å²) in [6.45, 7) is 0.746. The van der Waals surface area contributed by atoms with E-state index in [-0.39, 0.29) is 5.82 Å². The molecule has 0 amide bonds. The number of hydrogen-bond acceptors (Lipinski definition) is 4. The first kappa shape index (κ1) is 18.1. The van der Waals surface area contributed by atoms with Crippen molar-refractivity contribution in [2.45, 2.75) is 25.7 Å². The van der Waals surface area contributed by atoms with Gasteiger partial charge in [0.1, 0.15) is 12.1 Å². The van der Waals surface area contributed by atoms with E-state index in [9.17, 15) is 14.0 Å². The van der Waals surface area contributed by atoms with Crippen LogP contribution in [0.25, 0.3) is 0 Å². The zero-order valence-electron chi connectivity index (χ0n) is 14.8. The minimum Gasteiger partial charge on any atom is -0.494 e. The topological polar surface area (TPSA) is 55.4 Å². The molecule has 4 nitrogen and oxygen atoms in total. The molecule has 1 aliphatic heterocycles. The monoisotopic (exact) mass is 355 g/mol. The number of methoxy groups -OCH3 is 1. The highest BCUT2D eigenvalue weighted by atomic mass is 19.1. The minimum absolute atomic E-state index is 0.233.